The Bertz CT molecular complexity index is 125. The molecule has 1 amide bonds. The van der Waals surface area contributed by atoms with Crippen molar-refractivity contribution in [2.45, 2.75) is 19.8 Å². The molecule has 1 aliphatic heterocycles. The minimum Gasteiger partial charge on any atom is -0.448 e. The molecule has 0 bridgehead atoms. The van der Waals surface area contributed by atoms with Crippen molar-refractivity contribution in [3.63, 3.8) is 0 Å². The normalized spacial score (nSPS) is 17.7. The van der Waals surface area contributed by atoms with E-state index in [2.05, 4.69) is 6.92 Å². The zero-order valence-electron chi connectivity index (χ0n) is 6.30. The topological polar surface area (TPSA) is 29.5 Å². The number of rotatable bonds is 3. The highest BCUT2D eigenvalue weighted by Crippen LogP contribution is 2.04. The molecule has 0 aliphatic carbocycles. The maximum Gasteiger partial charge on any atom is 0.409 e. The number of amides is 1. The third-order valence-corrected chi connectivity index (χ3v) is 1.63. The third kappa shape index (κ3) is 1.62. The van der Waals surface area contributed by atoms with Gasteiger partial charge in [0.1, 0.15) is 6.61 Å². The summed E-state index contributed by atoms with van der Waals surface area (Å²) in [6.07, 6.45) is 2.06. The third-order valence-electron chi connectivity index (χ3n) is 1.63. The number of carbonyl (C=O) groups is 1. The average molecular weight is 144 g/mol. The predicted molar refractivity (Wildman–Crippen MR) is 37.8 cm³/mol. The van der Waals surface area contributed by atoms with Gasteiger partial charge in [-0.25, -0.2) is 4.79 Å². The van der Waals surface area contributed by atoms with E-state index in [0.717, 1.165) is 25.9 Å². The predicted octanol–water partition coefficient (Wildman–Crippen LogP) is 1.24. The lowest BCUT2D eigenvalue weighted by atomic mass is 10.3. The molecule has 0 aromatic heterocycles. The molecule has 10 heavy (non-hydrogen) atoms. The van der Waals surface area contributed by atoms with Crippen LogP contribution in [0.2, 0.25) is 0 Å². The molecule has 0 aromatic carbocycles. The van der Waals surface area contributed by atoms with Gasteiger partial charge in [-0.15, -0.1) is 0 Å². The Morgan fingerprint density at radius 3 is 3.00 bits per heavy atom. The van der Waals surface area contributed by atoms with E-state index in [-0.39, 0.29) is 6.09 Å². The Labute approximate surface area is 61.0 Å². The lowest BCUT2D eigenvalue weighted by Crippen LogP contribution is -2.25. The zero-order chi connectivity index (χ0) is 7.40. The highest BCUT2D eigenvalue weighted by atomic mass is 16.7. The van der Waals surface area contributed by atoms with Crippen LogP contribution in [0.4, 0.5) is 4.79 Å². The second-order valence-corrected chi connectivity index (χ2v) is 2.45. The smallest absolute Gasteiger partial charge is 0.409 e. The Morgan fingerprint density at radius 2 is 2.50 bits per heavy atom. The standard InChI is InChI=1S/C7H13NO2/c1-2-3-4-8-5-6-10-7(8)9/h2-6H2,1H3/i7+1. The monoisotopic (exact) mass is 144 g/mol. The van der Waals surface area contributed by atoms with Gasteiger partial charge < -0.3 is 9.64 Å². The maximum atomic E-state index is 10.8. The van der Waals surface area contributed by atoms with Crippen LogP contribution in [0.15, 0.2) is 0 Å². The maximum absolute atomic E-state index is 10.8. The van der Waals surface area contributed by atoms with Crippen molar-refractivity contribution >= 4 is 6.09 Å². The van der Waals surface area contributed by atoms with Crippen molar-refractivity contribution in [2.75, 3.05) is 19.7 Å². The summed E-state index contributed by atoms with van der Waals surface area (Å²) in [4.78, 5) is 12.5. The number of cyclic esters (lactones) is 1. The number of hydrogen-bond acceptors (Lipinski definition) is 2. The van der Waals surface area contributed by atoms with Gasteiger partial charge in [-0.05, 0) is 6.42 Å². The zero-order valence-corrected chi connectivity index (χ0v) is 6.30. The fourth-order valence-electron chi connectivity index (χ4n) is 0.978. The SMILES string of the molecule is CCCCN1CCO[13C]1=O. The minimum absolute atomic E-state index is 0.145. The number of carbonyl (C=O) groups excluding carboxylic acids is 1. The fraction of sp³-hybridized carbons (Fsp3) is 0.857. The van der Waals surface area contributed by atoms with Crippen molar-refractivity contribution in [2.24, 2.45) is 0 Å². The molecule has 1 heterocycles. The van der Waals surface area contributed by atoms with Crippen LogP contribution in [0.3, 0.4) is 0 Å². The second-order valence-electron chi connectivity index (χ2n) is 2.45. The number of hydrogen-bond donors (Lipinski definition) is 0. The fourth-order valence-corrected chi connectivity index (χ4v) is 0.978. The summed E-state index contributed by atoms with van der Waals surface area (Å²) in [6.45, 7) is 4.32. The van der Waals surface area contributed by atoms with Crippen molar-refractivity contribution in [3.05, 3.63) is 0 Å². The summed E-state index contributed by atoms with van der Waals surface area (Å²) < 4.78 is 4.75. The molecule has 58 valence electrons. The van der Waals surface area contributed by atoms with Gasteiger partial charge in [-0.3, -0.25) is 0 Å². The van der Waals surface area contributed by atoms with E-state index in [1.165, 1.54) is 0 Å². The van der Waals surface area contributed by atoms with Gasteiger partial charge in [-0.2, -0.15) is 0 Å². The van der Waals surface area contributed by atoms with Crippen LogP contribution in [-0.4, -0.2) is 30.7 Å². The Hall–Kier alpha value is -0.730. The van der Waals surface area contributed by atoms with Crippen molar-refractivity contribution in [3.8, 4) is 0 Å². The number of ether oxygens (including phenoxy) is 1. The molecule has 1 rings (SSSR count). The molecule has 3 heteroatoms. The summed E-state index contributed by atoms with van der Waals surface area (Å²) in [5.74, 6) is 0. The van der Waals surface area contributed by atoms with E-state index >= 15 is 0 Å². The van der Waals surface area contributed by atoms with E-state index in [4.69, 9.17) is 4.74 Å². The quantitative estimate of drug-likeness (QED) is 0.558. The Balaban J connectivity index is 2.20. The molecule has 1 aliphatic rings. The van der Waals surface area contributed by atoms with E-state index < -0.39 is 0 Å². The molecular weight excluding hydrogens is 131 g/mol. The van der Waals surface area contributed by atoms with Gasteiger partial charge in [0.2, 0.25) is 0 Å². The van der Waals surface area contributed by atoms with Crippen molar-refractivity contribution in [1.82, 2.24) is 4.90 Å². The van der Waals surface area contributed by atoms with Crippen LogP contribution < -0.4 is 0 Å². The number of nitrogens with zero attached hydrogens (tertiary/aromatic N) is 1. The molecule has 0 atom stereocenters. The molecule has 1 fully saturated rings. The highest BCUT2D eigenvalue weighted by Gasteiger charge is 2.20. The van der Waals surface area contributed by atoms with Crippen molar-refractivity contribution < 1.29 is 9.53 Å². The van der Waals surface area contributed by atoms with Crippen LogP contribution in [0.1, 0.15) is 19.8 Å². The first kappa shape index (κ1) is 7.38. The van der Waals surface area contributed by atoms with Gasteiger partial charge in [0.15, 0.2) is 0 Å². The molecule has 0 N–H and O–H groups in total. The minimum atomic E-state index is -0.145. The van der Waals surface area contributed by atoms with Crippen LogP contribution in [0.25, 0.3) is 0 Å². The lowest BCUT2D eigenvalue weighted by Gasteiger charge is -2.10. The molecular formula is C7H13NO2. The van der Waals surface area contributed by atoms with E-state index in [0.29, 0.717) is 6.61 Å². The van der Waals surface area contributed by atoms with Crippen LogP contribution in [0.5, 0.6) is 0 Å². The molecule has 1 saturated heterocycles. The molecule has 0 unspecified atom stereocenters. The van der Waals surface area contributed by atoms with Gasteiger partial charge in [-0.1, -0.05) is 13.3 Å². The summed E-state index contributed by atoms with van der Waals surface area (Å²) in [7, 11) is 0. The summed E-state index contributed by atoms with van der Waals surface area (Å²) in [5.41, 5.74) is 0. The van der Waals surface area contributed by atoms with Crippen LogP contribution in [-0.2, 0) is 4.74 Å². The van der Waals surface area contributed by atoms with E-state index in [1.807, 2.05) is 0 Å². The van der Waals surface area contributed by atoms with E-state index in [1.54, 1.807) is 4.90 Å². The van der Waals surface area contributed by atoms with Crippen LogP contribution >= 0.6 is 0 Å². The second kappa shape index (κ2) is 3.44. The molecule has 0 spiro atoms. The Morgan fingerprint density at radius 1 is 1.70 bits per heavy atom. The first-order valence-corrected chi connectivity index (χ1v) is 3.76. The summed E-state index contributed by atoms with van der Waals surface area (Å²) in [6, 6.07) is 0. The summed E-state index contributed by atoms with van der Waals surface area (Å²) >= 11 is 0. The molecule has 0 aromatic rings. The van der Waals surface area contributed by atoms with Gasteiger partial charge >= 0.3 is 6.09 Å². The van der Waals surface area contributed by atoms with Crippen molar-refractivity contribution in [1.29, 1.82) is 0 Å². The highest BCUT2D eigenvalue weighted by molar-refractivity contribution is 5.69. The first-order chi connectivity index (χ1) is 4.84. The first-order valence-electron chi connectivity index (χ1n) is 3.76. The molecule has 0 saturated carbocycles. The van der Waals surface area contributed by atoms with Gasteiger partial charge in [0.05, 0.1) is 6.54 Å². The van der Waals surface area contributed by atoms with Crippen LogP contribution in [0, 0.1) is 0 Å². The van der Waals surface area contributed by atoms with Gasteiger partial charge in [0.25, 0.3) is 0 Å². The van der Waals surface area contributed by atoms with Gasteiger partial charge in [0, 0.05) is 6.54 Å². The number of unbranched alkanes of at least 4 members (excludes halogenated alkanes) is 1. The average Bonchev–Trinajstić information content (AvgIpc) is 2.31. The molecule has 3 nitrogen and oxygen atoms in total. The molecule has 0 radical (unpaired) electrons. The lowest BCUT2D eigenvalue weighted by molar-refractivity contribution is 0.158. The summed E-state index contributed by atoms with van der Waals surface area (Å²) in [5, 5.41) is 0. The largest absolute Gasteiger partial charge is 0.448 e. The van der Waals surface area contributed by atoms with E-state index in [9.17, 15) is 4.79 Å². The Kier molecular flexibility index (Phi) is 2.54.